The van der Waals surface area contributed by atoms with E-state index in [2.05, 4.69) is 0 Å². The van der Waals surface area contributed by atoms with Crippen LogP contribution < -0.4 is 0 Å². The molecule has 0 saturated heterocycles. The molecule has 14 heteroatoms. The summed E-state index contributed by atoms with van der Waals surface area (Å²) in [6, 6.07) is -2.98. The zero-order chi connectivity index (χ0) is 12.7. The van der Waals surface area contributed by atoms with Crippen LogP contribution in [0.25, 0.3) is 0 Å². The van der Waals surface area contributed by atoms with Gasteiger partial charge in [0.15, 0.2) is 5.12 Å². The number of hydrogen-bond acceptors (Lipinski definition) is 10. The van der Waals surface area contributed by atoms with Gasteiger partial charge in [-0.15, -0.1) is 20.8 Å². The van der Waals surface area contributed by atoms with Crippen LogP contribution in [0.15, 0.2) is 0 Å². The van der Waals surface area contributed by atoms with Gasteiger partial charge in [-0.1, -0.05) is 0 Å². The molecule has 0 saturated carbocycles. The Morgan fingerprint density at radius 2 is 1.13 bits per heavy atom. The van der Waals surface area contributed by atoms with Gasteiger partial charge < -0.3 is 15.6 Å². The van der Waals surface area contributed by atoms with Crippen LogP contribution in [0.4, 0.5) is 4.79 Å². The van der Waals surface area contributed by atoms with Crippen molar-refractivity contribution in [3.05, 3.63) is 15.6 Å². The Kier molecular flexibility index (Phi) is 3.30. The van der Waals surface area contributed by atoms with Crippen LogP contribution in [0.2, 0.25) is 0 Å². The molecule has 0 bridgehead atoms. The zero-order valence-electron chi connectivity index (χ0n) is 6.61. The zero-order valence-corrected chi connectivity index (χ0v) is 6.61. The maximum absolute atomic E-state index is 10.5. The molecular weight excluding hydrogens is 228 g/mol. The highest BCUT2D eigenvalue weighted by Gasteiger charge is 2.55. The second-order valence-electron chi connectivity index (χ2n) is 2.14. The van der Waals surface area contributed by atoms with Crippen LogP contribution in [-0.2, 0) is 0 Å². The molecule has 0 atom stereocenters. The predicted molar refractivity (Wildman–Crippen MR) is 28.8 cm³/mol. The van der Waals surface area contributed by atoms with Gasteiger partial charge in [0.2, 0.25) is 0 Å². The fourth-order valence-corrected chi connectivity index (χ4v) is 0.491. The number of quaternary nitrogens is 3. The first-order chi connectivity index (χ1) is 6.28. The normalized spacial score (nSPS) is 13.9. The molecule has 0 aliphatic carbocycles. The third-order valence-corrected chi connectivity index (χ3v) is 0.914. The minimum absolute atomic E-state index is 1.87. The molecule has 2 amide bonds. The molecule has 0 aliphatic rings. The van der Waals surface area contributed by atoms with Gasteiger partial charge in [0, 0.05) is 4.97 Å². The summed E-state index contributed by atoms with van der Waals surface area (Å²) in [7, 11) is 0. The van der Waals surface area contributed by atoms with E-state index < -0.39 is 26.3 Å². The van der Waals surface area contributed by atoms with Crippen molar-refractivity contribution in [2.75, 3.05) is 0 Å². The minimum Gasteiger partial charge on any atom is -0.555 e. The Morgan fingerprint density at radius 1 is 0.867 bits per heavy atom. The summed E-state index contributed by atoms with van der Waals surface area (Å²) in [5, 5.41) is 68.7. The van der Waals surface area contributed by atoms with E-state index in [9.17, 15) is 20.4 Å². The van der Waals surface area contributed by atoms with Gasteiger partial charge in [-0.25, -0.2) is 0 Å². The van der Waals surface area contributed by atoms with Crippen LogP contribution in [0.1, 0.15) is 0 Å². The lowest BCUT2D eigenvalue weighted by atomic mass is 11.0. The summed E-state index contributed by atoms with van der Waals surface area (Å²) in [6.45, 7) is 0. The highest BCUT2D eigenvalue weighted by atomic mass is 17.2. The lowest BCUT2D eigenvalue weighted by Gasteiger charge is -2.37. The molecule has 0 heterocycles. The van der Waals surface area contributed by atoms with Gasteiger partial charge >= 0.3 is 6.03 Å². The van der Waals surface area contributed by atoms with Crippen LogP contribution in [0.5, 0.6) is 0 Å². The van der Waals surface area contributed by atoms with Gasteiger partial charge in [-0.05, 0) is 0 Å². The number of carbonyl (C=O) groups is 1. The molecule has 0 radical (unpaired) electrons. The van der Waals surface area contributed by atoms with E-state index in [1.807, 2.05) is 0 Å². The Balaban J connectivity index is 5.26. The summed E-state index contributed by atoms with van der Waals surface area (Å²) >= 11 is 0. The number of rotatable bonds is 2. The van der Waals surface area contributed by atoms with Crippen molar-refractivity contribution in [2.24, 2.45) is 0 Å². The topological polar surface area (TPSA) is 211 Å². The van der Waals surface area contributed by atoms with Gasteiger partial charge in [0.25, 0.3) is 0 Å². The molecule has 0 rings (SSSR count). The van der Waals surface area contributed by atoms with Gasteiger partial charge in [0.1, 0.15) is 0 Å². The number of nitrogens with zero attached hydrogens (tertiary/aromatic N) is 4. The Labute approximate surface area is 79.2 Å². The first-order valence-electron chi connectivity index (χ1n) is 2.80. The summed E-state index contributed by atoms with van der Waals surface area (Å²) in [5.74, 6) is 0. The molecule has 6 N–H and O–H groups in total. The molecule has 0 fully saturated rings. The maximum Gasteiger partial charge on any atom is 0.593 e. The van der Waals surface area contributed by atoms with Crippen LogP contribution in [-0.4, -0.2) is 57.5 Å². The molecule has 0 unspecified atom stereocenters. The van der Waals surface area contributed by atoms with E-state index in [-0.39, 0.29) is 0 Å². The van der Waals surface area contributed by atoms with E-state index in [4.69, 9.17) is 31.2 Å². The smallest absolute Gasteiger partial charge is 0.555 e. The minimum atomic E-state index is -4.10. The monoisotopic (exact) mass is 234 g/mol. The third-order valence-electron chi connectivity index (χ3n) is 0.914. The van der Waals surface area contributed by atoms with E-state index in [1.54, 1.807) is 0 Å². The van der Waals surface area contributed by atoms with Crippen molar-refractivity contribution >= 4 is 6.03 Å². The van der Waals surface area contributed by atoms with E-state index in [1.165, 1.54) is 0 Å². The van der Waals surface area contributed by atoms with Crippen LogP contribution >= 0.6 is 0 Å². The lowest BCUT2D eigenvalue weighted by molar-refractivity contribution is -1.47. The second-order valence-corrected chi connectivity index (χ2v) is 2.14. The van der Waals surface area contributed by atoms with Gasteiger partial charge in [0.05, 0.1) is 10.2 Å². The van der Waals surface area contributed by atoms with Gasteiger partial charge in [-0.2, -0.15) is 15.2 Å². The van der Waals surface area contributed by atoms with Crippen molar-refractivity contribution in [3.8, 4) is 0 Å². The average Bonchev–Trinajstić information content (AvgIpc) is 1.76. The summed E-state index contributed by atoms with van der Waals surface area (Å²) in [5.41, 5.74) is 0. The Morgan fingerprint density at radius 3 is 1.20 bits per heavy atom. The number of carbonyl (C=O) groups excluding carboxylic acids is 1. The average molecular weight is 234 g/mol. The summed E-state index contributed by atoms with van der Waals surface area (Å²) in [6.07, 6.45) is 0. The first-order valence-corrected chi connectivity index (χ1v) is 2.80. The predicted octanol–water partition coefficient (Wildman–Crippen LogP) is -1.48. The quantitative estimate of drug-likeness (QED) is 0.185. The molecule has 0 aromatic carbocycles. The lowest BCUT2D eigenvalue weighted by Crippen LogP contribution is -2.71. The van der Waals surface area contributed by atoms with Crippen molar-refractivity contribution in [2.45, 2.75) is 0 Å². The SMILES string of the molecule is O=C(N([N+]([O-])(O)O)[N+]([O-])(O)O)[N+]([O-])(O)O. The van der Waals surface area contributed by atoms with Crippen LogP contribution in [0.3, 0.4) is 0 Å². The summed E-state index contributed by atoms with van der Waals surface area (Å²) < 4.78 is 0. The van der Waals surface area contributed by atoms with Crippen molar-refractivity contribution in [3.63, 3.8) is 0 Å². The Hall–Kier alpha value is -1.01. The third kappa shape index (κ3) is 3.56. The van der Waals surface area contributed by atoms with Crippen molar-refractivity contribution < 1.29 is 51.2 Å². The van der Waals surface area contributed by atoms with E-state index in [0.717, 1.165) is 0 Å². The van der Waals surface area contributed by atoms with Crippen molar-refractivity contribution in [1.82, 2.24) is 5.12 Å². The number of amides is 2. The maximum atomic E-state index is 10.5. The Bertz CT molecular complexity index is 228. The molecule has 0 spiro atoms. The van der Waals surface area contributed by atoms with Gasteiger partial charge in [-0.3, -0.25) is 0 Å². The van der Waals surface area contributed by atoms with Crippen molar-refractivity contribution in [1.29, 1.82) is 0 Å². The van der Waals surface area contributed by atoms with E-state index in [0.29, 0.717) is 0 Å². The molecule has 14 nitrogen and oxygen atoms in total. The molecule has 15 heavy (non-hydrogen) atoms. The fraction of sp³-hybridized carbons (Fsp3) is 0. The molecule has 0 aromatic rings. The molecule has 0 aliphatic heterocycles. The van der Waals surface area contributed by atoms with E-state index >= 15 is 0 Å². The second kappa shape index (κ2) is 3.53. The highest BCUT2D eigenvalue weighted by molar-refractivity contribution is 5.63. The molecular formula is CH6N4O10. The van der Waals surface area contributed by atoms with Crippen LogP contribution in [0, 0.1) is 15.6 Å². The summed E-state index contributed by atoms with van der Waals surface area (Å²) in [4.78, 5) is 6.48. The number of hydrogen-bond donors (Lipinski definition) is 6. The standard InChI is InChI=1S/CH6N4O10/c6-1(3(7,8)9)2(4(10,11)12)5(13,14)15/h7-8,10-11,13-14H. The first kappa shape index (κ1) is 14.0. The number of hydroxylamine groups is 3. The molecule has 0 aromatic heterocycles. The number of urea groups is 1. The largest absolute Gasteiger partial charge is 0.593 e. The highest BCUT2D eigenvalue weighted by Crippen LogP contribution is 2.15. The fourth-order valence-electron chi connectivity index (χ4n) is 0.491. The molecule has 90 valence electrons.